The molecule has 1 atom stereocenters. The number of pyridine rings is 2. The summed E-state index contributed by atoms with van der Waals surface area (Å²) in [7, 11) is 0. The van der Waals surface area contributed by atoms with Crippen LogP contribution in [0.1, 0.15) is 28.1 Å². The van der Waals surface area contributed by atoms with Crippen LogP contribution in [0.25, 0.3) is 0 Å². The van der Waals surface area contributed by atoms with Crippen LogP contribution in [0.4, 0.5) is 18.9 Å². The van der Waals surface area contributed by atoms with Crippen molar-refractivity contribution in [3.05, 3.63) is 82.9 Å². The summed E-state index contributed by atoms with van der Waals surface area (Å²) in [6.45, 7) is 0.0452. The number of anilines is 1. The Bertz CT molecular complexity index is 1150. The number of fused-ring (bicyclic) bond motifs is 4. The number of nitrogens with zero attached hydrogens (tertiary/aromatic N) is 2. The number of amides is 1. The van der Waals surface area contributed by atoms with Crippen molar-refractivity contribution in [3.8, 4) is 5.75 Å². The van der Waals surface area contributed by atoms with Gasteiger partial charge >= 0.3 is 6.18 Å². The van der Waals surface area contributed by atoms with Crippen molar-refractivity contribution in [2.24, 2.45) is 0 Å². The summed E-state index contributed by atoms with van der Waals surface area (Å²) in [5, 5.41) is 2.85. The van der Waals surface area contributed by atoms with E-state index < -0.39 is 17.2 Å². The van der Waals surface area contributed by atoms with E-state index >= 15 is 0 Å². The summed E-state index contributed by atoms with van der Waals surface area (Å²) in [6, 6.07) is 11.1. The Labute approximate surface area is 163 Å². The fourth-order valence-electron chi connectivity index (χ4n) is 4.05. The van der Waals surface area contributed by atoms with Gasteiger partial charge in [0.1, 0.15) is 18.1 Å². The molecule has 29 heavy (non-hydrogen) atoms. The number of benzene rings is 1. The molecule has 1 amide bonds. The zero-order chi connectivity index (χ0) is 20.2. The molecular formula is C21H14F3N3O2. The number of hydrogen-bond acceptors (Lipinski definition) is 4. The lowest BCUT2D eigenvalue weighted by molar-refractivity contribution is -0.138. The number of aromatic nitrogens is 2. The van der Waals surface area contributed by atoms with Gasteiger partial charge in [-0.15, -0.1) is 0 Å². The Kier molecular flexibility index (Phi) is 3.68. The molecule has 0 fully saturated rings. The molecule has 146 valence electrons. The van der Waals surface area contributed by atoms with Crippen molar-refractivity contribution in [1.29, 1.82) is 0 Å². The van der Waals surface area contributed by atoms with E-state index in [9.17, 15) is 18.0 Å². The van der Waals surface area contributed by atoms with E-state index in [4.69, 9.17) is 4.74 Å². The number of ether oxygens (including phenoxy) is 1. The largest absolute Gasteiger partial charge is 0.489 e. The molecule has 0 aliphatic carbocycles. The Morgan fingerprint density at radius 3 is 2.72 bits per heavy atom. The Morgan fingerprint density at radius 2 is 1.90 bits per heavy atom. The molecule has 1 spiro atoms. The SMILES string of the molecule is O=C1Nc2ccccc2C12COc1c(Cc3ncccc3C(F)(F)F)ccnc12. The second kappa shape index (κ2) is 6.04. The fraction of sp³-hybridized carbons (Fsp3) is 0.190. The first-order valence-electron chi connectivity index (χ1n) is 8.94. The van der Waals surface area contributed by atoms with Crippen LogP contribution < -0.4 is 10.1 Å². The molecule has 1 N–H and O–H groups in total. The molecule has 2 aromatic heterocycles. The maximum atomic E-state index is 13.3. The van der Waals surface area contributed by atoms with Crippen LogP contribution >= 0.6 is 0 Å². The molecule has 2 aliphatic rings. The molecule has 0 saturated heterocycles. The second-order valence-electron chi connectivity index (χ2n) is 7.01. The minimum Gasteiger partial charge on any atom is -0.489 e. The van der Waals surface area contributed by atoms with Gasteiger partial charge in [-0.05, 0) is 24.3 Å². The number of halogens is 3. The van der Waals surface area contributed by atoms with Crippen molar-refractivity contribution in [1.82, 2.24) is 9.97 Å². The Balaban J connectivity index is 1.61. The average molecular weight is 397 g/mol. The molecule has 2 aliphatic heterocycles. The van der Waals surface area contributed by atoms with Crippen LogP contribution in [0.2, 0.25) is 0 Å². The van der Waals surface area contributed by atoms with E-state index in [0.717, 1.165) is 11.6 Å². The molecule has 0 bridgehead atoms. The number of alkyl halides is 3. The highest BCUT2D eigenvalue weighted by Crippen LogP contribution is 2.50. The molecule has 4 heterocycles. The molecule has 0 radical (unpaired) electrons. The lowest BCUT2D eigenvalue weighted by atomic mass is 9.79. The number of hydrogen-bond donors (Lipinski definition) is 1. The monoisotopic (exact) mass is 397 g/mol. The molecule has 5 rings (SSSR count). The lowest BCUT2D eigenvalue weighted by Gasteiger charge is -2.19. The zero-order valence-electron chi connectivity index (χ0n) is 15.0. The molecule has 3 aromatic rings. The van der Waals surface area contributed by atoms with Crippen molar-refractivity contribution < 1.29 is 22.7 Å². The summed E-state index contributed by atoms with van der Waals surface area (Å²) in [5.41, 5.74) is 0.373. The lowest BCUT2D eigenvalue weighted by Crippen LogP contribution is -2.37. The standard InChI is InChI=1S/C21H14F3N3O2/c22-21(23,24)14-5-3-8-25-16(14)10-12-7-9-26-18-17(12)29-11-20(18)13-4-1-2-6-15(13)27-19(20)28/h1-9H,10-11H2,(H,27,28). The van der Waals surface area contributed by atoms with Gasteiger partial charge in [0.15, 0.2) is 5.41 Å². The van der Waals surface area contributed by atoms with Crippen molar-refractivity contribution in [3.63, 3.8) is 0 Å². The molecule has 0 saturated carbocycles. The van der Waals surface area contributed by atoms with Crippen LogP contribution in [-0.4, -0.2) is 22.5 Å². The summed E-state index contributed by atoms with van der Waals surface area (Å²) < 4.78 is 45.9. The molecule has 5 nitrogen and oxygen atoms in total. The fourth-order valence-corrected chi connectivity index (χ4v) is 4.05. The third-order valence-electron chi connectivity index (χ3n) is 5.40. The first kappa shape index (κ1) is 17.7. The van der Waals surface area contributed by atoms with Crippen LogP contribution in [0, 0.1) is 0 Å². The van der Waals surface area contributed by atoms with E-state index in [0.29, 0.717) is 22.7 Å². The van der Waals surface area contributed by atoms with Gasteiger partial charge in [0.25, 0.3) is 0 Å². The molecule has 1 unspecified atom stereocenters. The maximum absolute atomic E-state index is 13.3. The topological polar surface area (TPSA) is 64.1 Å². The minimum absolute atomic E-state index is 0.0452. The van der Waals surface area contributed by atoms with E-state index in [1.165, 1.54) is 18.5 Å². The summed E-state index contributed by atoms with van der Waals surface area (Å²) >= 11 is 0. The van der Waals surface area contributed by atoms with Gasteiger partial charge in [0, 0.05) is 35.6 Å². The van der Waals surface area contributed by atoms with Gasteiger partial charge in [-0.3, -0.25) is 14.8 Å². The van der Waals surface area contributed by atoms with Gasteiger partial charge in [-0.2, -0.15) is 13.2 Å². The number of rotatable bonds is 2. The van der Waals surface area contributed by atoms with Crippen LogP contribution in [0.5, 0.6) is 5.75 Å². The maximum Gasteiger partial charge on any atom is 0.418 e. The van der Waals surface area contributed by atoms with Gasteiger partial charge in [-0.1, -0.05) is 18.2 Å². The van der Waals surface area contributed by atoms with Gasteiger partial charge in [0.05, 0.1) is 11.3 Å². The smallest absolute Gasteiger partial charge is 0.418 e. The normalized spacial score (nSPS) is 19.6. The van der Waals surface area contributed by atoms with Crippen LogP contribution in [0.3, 0.4) is 0 Å². The van der Waals surface area contributed by atoms with Gasteiger partial charge in [-0.25, -0.2) is 0 Å². The number of para-hydroxylation sites is 1. The van der Waals surface area contributed by atoms with Crippen molar-refractivity contribution >= 4 is 11.6 Å². The Hall–Kier alpha value is -3.42. The highest BCUT2D eigenvalue weighted by atomic mass is 19.4. The van der Waals surface area contributed by atoms with Crippen molar-refractivity contribution in [2.75, 3.05) is 11.9 Å². The van der Waals surface area contributed by atoms with E-state index in [2.05, 4.69) is 15.3 Å². The first-order chi connectivity index (χ1) is 13.9. The molecular weight excluding hydrogens is 383 g/mol. The van der Waals surface area contributed by atoms with Crippen LogP contribution in [-0.2, 0) is 22.8 Å². The molecule has 1 aromatic carbocycles. The third kappa shape index (κ3) is 2.52. The van der Waals surface area contributed by atoms with Crippen LogP contribution in [0.15, 0.2) is 54.9 Å². The van der Waals surface area contributed by atoms with Gasteiger partial charge in [0.2, 0.25) is 5.91 Å². The number of nitrogens with one attached hydrogen (secondary N) is 1. The van der Waals surface area contributed by atoms with Gasteiger partial charge < -0.3 is 10.1 Å². The van der Waals surface area contributed by atoms with E-state index in [-0.39, 0.29) is 24.6 Å². The highest BCUT2D eigenvalue weighted by Gasteiger charge is 2.55. The zero-order valence-corrected chi connectivity index (χ0v) is 15.0. The van der Waals surface area contributed by atoms with Crippen molar-refractivity contribution in [2.45, 2.75) is 18.0 Å². The first-order valence-corrected chi connectivity index (χ1v) is 8.94. The predicted molar refractivity (Wildman–Crippen MR) is 97.6 cm³/mol. The predicted octanol–water partition coefficient (Wildman–Crippen LogP) is 3.72. The quantitative estimate of drug-likeness (QED) is 0.716. The molecule has 8 heteroatoms. The second-order valence-corrected chi connectivity index (χ2v) is 7.01. The number of carbonyl (C=O) groups excluding carboxylic acids is 1. The summed E-state index contributed by atoms with van der Waals surface area (Å²) in [4.78, 5) is 21.2. The Morgan fingerprint density at radius 1 is 1.07 bits per heavy atom. The third-order valence-corrected chi connectivity index (χ3v) is 5.40. The number of carbonyl (C=O) groups is 1. The van der Waals surface area contributed by atoms with E-state index in [1.54, 1.807) is 12.1 Å². The summed E-state index contributed by atoms with van der Waals surface area (Å²) in [6.07, 6.45) is -1.77. The average Bonchev–Trinajstić information content (AvgIpc) is 3.22. The highest BCUT2D eigenvalue weighted by molar-refractivity contribution is 6.09. The van der Waals surface area contributed by atoms with E-state index in [1.807, 2.05) is 18.2 Å². The summed E-state index contributed by atoms with van der Waals surface area (Å²) in [5.74, 6) is 0.0917. The minimum atomic E-state index is -4.51.